The van der Waals surface area contributed by atoms with E-state index >= 15 is 0 Å². The average Bonchev–Trinajstić information content (AvgIpc) is 2.78. The van der Waals surface area contributed by atoms with Crippen molar-refractivity contribution in [1.82, 2.24) is 4.90 Å². The first kappa shape index (κ1) is 17.7. The van der Waals surface area contributed by atoms with E-state index in [0.29, 0.717) is 17.8 Å². The van der Waals surface area contributed by atoms with Gasteiger partial charge in [0.15, 0.2) is 5.78 Å². The predicted octanol–water partition coefficient (Wildman–Crippen LogP) is 4.25. The Labute approximate surface area is 154 Å². The summed E-state index contributed by atoms with van der Waals surface area (Å²) in [6, 6.07) is 14.3. The number of carbonyl (C=O) groups is 1. The van der Waals surface area contributed by atoms with Crippen LogP contribution < -0.4 is 5.73 Å². The molecule has 2 N–H and O–H groups in total. The fourth-order valence-corrected chi connectivity index (χ4v) is 2.92. The average molecular weight is 345 g/mol. The van der Waals surface area contributed by atoms with Crippen molar-refractivity contribution in [1.29, 1.82) is 0 Å². The molecule has 0 unspecified atom stereocenters. The van der Waals surface area contributed by atoms with Crippen molar-refractivity contribution in [2.24, 2.45) is 10.7 Å². The Morgan fingerprint density at radius 1 is 1.12 bits per heavy atom. The summed E-state index contributed by atoms with van der Waals surface area (Å²) < 4.78 is 0. The molecule has 3 rings (SSSR count). The highest BCUT2D eigenvalue weighted by molar-refractivity contribution is 6.05. The van der Waals surface area contributed by atoms with Gasteiger partial charge in [-0.1, -0.05) is 36.9 Å². The van der Waals surface area contributed by atoms with Crippen LogP contribution in [0.25, 0.3) is 22.9 Å². The van der Waals surface area contributed by atoms with Gasteiger partial charge in [0.05, 0.1) is 5.69 Å². The Balaban J connectivity index is 2.00. The van der Waals surface area contributed by atoms with Crippen molar-refractivity contribution in [3.63, 3.8) is 0 Å². The van der Waals surface area contributed by atoms with Gasteiger partial charge in [0.2, 0.25) is 0 Å². The number of aliphatic imine (C=N–C) groups is 1. The molecule has 0 fully saturated rings. The third kappa shape index (κ3) is 3.59. The molecule has 0 bridgehead atoms. The highest BCUT2D eigenvalue weighted by atomic mass is 16.1. The van der Waals surface area contributed by atoms with Crippen LogP contribution in [0.15, 0.2) is 59.6 Å². The van der Waals surface area contributed by atoms with Crippen LogP contribution in [0.1, 0.15) is 24.5 Å². The molecule has 0 spiro atoms. The number of hydrogen-bond donors (Lipinski definition) is 1. The Hall–Kier alpha value is -3.14. The van der Waals surface area contributed by atoms with Gasteiger partial charge >= 0.3 is 0 Å². The van der Waals surface area contributed by atoms with E-state index < -0.39 is 0 Å². The minimum Gasteiger partial charge on any atom is -0.387 e. The van der Waals surface area contributed by atoms with E-state index in [1.54, 1.807) is 6.92 Å². The largest absolute Gasteiger partial charge is 0.387 e. The number of hydrogen-bond acceptors (Lipinski definition) is 4. The van der Waals surface area contributed by atoms with Crippen molar-refractivity contribution < 1.29 is 4.79 Å². The maximum absolute atomic E-state index is 11.8. The zero-order valence-electron chi connectivity index (χ0n) is 15.4. The number of nitrogens with two attached hydrogens (primary N) is 1. The SMILES string of the molecule is C=C(c1ccc(-c2ccc3c(c2)C=C(C(C)=O)CC(N)=N3)cc1)N(C)C. The Morgan fingerprint density at radius 3 is 2.38 bits per heavy atom. The van der Waals surface area contributed by atoms with Crippen LogP contribution in [0.5, 0.6) is 0 Å². The van der Waals surface area contributed by atoms with Crippen molar-refractivity contribution in [3.8, 4) is 11.1 Å². The van der Waals surface area contributed by atoms with E-state index in [4.69, 9.17) is 5.73 Å². The molecule has 0 saturated heterocycles. The van der Waals surface area contributed by atoms with Crippen LogP contribution in [0.3, 0.4) is 0 Å². The molecule has 2 aromatic rings. The molecule has 0 atom stereocenters. The van der Waals surface area contributed by atoms with E-state index in [1.165, 1.54) is 0 Å². The lowest BCUT2D eigenvalue weighted by atomic mass is 9.98. The number of rotatable bonds is 4. The van der Waals surface area contributed by atoms with Gasteiger partial charge in [0.1, 0.15) is 5.84 Å². The number of ketones is 1. The third-order valence-corrected chi connectivity index (χ3v) is 4.54. The predicted molar refractivity (Wildman–Crippen MR) is 109 cm³/mol. The van der Waals surface area contributed by atoms with Crippen LogP contribution in [0.2, 0.25) is 0 Å². The normalized spacial score (nSPS) is 13.2. The van der Waals surface area contributed by atoms with Gasteiger partial charge < -0.3 is 10.6 Å². The molecule has 26 heavy (non-hydrogen) atoms. The van der Waals surface area contributed by atoms with E-state index in [2.05, 4.69) is 41.9 Å². The maximum atomic E-state index is 11.8. The van der Waals surface area contributed by atoms with Gasteiger partial charge in [-0.15, -0.1) is 0 Å². The monoisotopic (exact) mass is 345 g/mol. The molecule has 4 heteroatoms. The first-order valence-electron chi connectivity index (χ1n) is 8.51. The Bertz CT molecular complexity index is 934. The number of fused-ring (bicyclic) bond motifs is 1. The molecule has 0 amide bonds. The summed E-state index contributed by atoms with van der Waals surface area (Å²) in [5.41, 5.74) is 12.6. The number of carbonyl (C=O) groups excluding carboxylic acids is 1. The van der Waals surface area contributed by atoms with Crippen molar-refractivity contribution >= 4 is 29.1 Å². The van der Waals surface area contributed by atoms with E-state index in [-0.39, 0.29) is 5.78 Å². The van der Waals surface area contributed by atoms with E-state index in [0.717, 1.165) is 33.6 Å². The summed E-state index contributed by atoms with van der Waals surface area (Å²) in [5.74, 6) is 0.484. The van der Waals surface area contributed by atoms with Gasteiger partial charge in [0.25, 0.3) is 0 Å². The van der Waals surface area contributed by atoms with Crippen LogP contribution in [0.4, 0.5) is 5.69 Å². The lowest BCUT2D eigenvalue weighted by molar-refractivity contribution is -0.113. The summed E-state index contributed by atoms with van der Waals surface area (Å²) in [6.45, 7) is 5.65. The molecule has 132 valence electrons. The van der Waals surface area contributed by atoms with Gasteiger partial charge in [-0.2, -0.15) is 0 Å². The summed E-state index contributed by atoms with van der Waals surface area (Å²) in [4.78, 5) is 18.3. The van der Waals surface area contributed by atoms with E-state index in [9.17, 15) is 4.79 Å². The van der Waals surface area contributed by atoms with Crippen molar-refractivity contribution in [3.05, 3.63) is 65.7 Å². The van der Waals surface area contributed by atoms with Crippen LogP contribution in [-0.2, 0) is 4.79 Å². The molecular weight excluding hydrogens is 322 g/mol. The molecule has 0 aromatic heterocycles. The van der Waals surface area contributed by atoms with Crippen LogP contribution >= 0.6 is 0 Å². The maximum Gasteiger partial charge on any atom is 0.156 e. The van der Waals surface area contributed by atoms with Gasteiger partial charge in [0, 0.05) is 37.3 Å². The summed E-state index contributed by atoms with van der Waals surface area (Å²) in [5, 5.41) is 0. The van der Waals surface area contributed by atoms with E-state index in [1.807, 2.05) is 37.2 Å². The van der Waals surface area contributed by atoms with Gasteiger partial charge in [-0.3, -0.25) is 4.79 Å². The lowest BCUT2D eigenvalue weighted by Gasteiger charge is -2.16. The first-order valence-corrected chi connectivity index (χ1v) is 8.51. The number of benzene rings is 2. The zero-order chi connectivity index (χ0) is 18.8. The number of Topliss-reactive ketones (excluding diaryl/α,β-unsaturated/α-hetero) is 1. The third-order valence-electron chi connectivity index (χ3n) is 4.54. The lowest BCUT2D eigenvalue weighted by Crippen LogP contribution is -2.13. The fourth-order valence-electron chi connectivity index (χ4n) is 2.92. The fraction of sp³-hybridized carbons (Fsp3) is 0.182. The Kier molecular flexibility index (Phi) is 4.76. The molecule has 0 saturated carbocycles. The van der Waals surface area contributed by atoms with Crippen LogP contribution in [0, 0.1) is 0 Å². The van der Waals surface area contributed by atoms with Crippen molar-refractivity contribution in [2.75, 3.05) is 14.1 Å². The Morgan fingerprint density at radius 2 is 1.77 bits per heavy atom. The molecule has 4 nitrogen and oxygen atoms in total. The highest BCUT2D eigenvalue weighted by Crippen LogP contribution is 2.32. The smallest absolute Gasteiger partial charge is 0.156 e. The molecule has 0 aliphatic carbocycles. The van der Waals surface area contributed by atoms with Crippen LogP contribution in [-0.4, -0.2) is 30.6 Å². The number of nitrogens with zero attached hydrogens (tertiary/aromatic N) is 2. The topological polar surface area (TPSA) is 58.7 Å². The minimum atomic E-state index is 0.0213. The number of amidine groups is 1. The standard InChI is InChI=1S/C22H23N3O/c1-14(25(3)4)16-5-7-17(8-6-16)18-9-10-21-20(11-18)12-19(15(2)26)13-22(23)24-21/h5-12H,1,13H2,2-4H3,(H2,23,24). The molecule has 1 heterocycles. The summed E-state index contributed by atoms with van der Waals surface area (Å²) in [7, 11) is 3.96. The highest BCUT2D eigenvalue weighted by Gasteiger charge is 2.14. The quantitative estimate of drug-likeness (QED) is 0.901. The van der Waals surface area contributed by atoms with Crippen molar-refractivity contribution in [2.45, 2.75) is 13.3 Å². The molecule has 1 aliphatic heterocycles. The molecular formula is C22H23N3O. The molecule has 2 aromatic carbocycles. The van der Waals surface area contributed by atoms with Gasteiger partial charge in [-0.25, -0.2) is 4.99 Å². The second kappa shape index (κ2) is 7.00. The minimum absolute atomic E-state index is 0.0213. The zero-order valence-corrected chi connectivity index (χ0v) is 15.4. The summed E-state index contributed by atoms with van der Waals surface area (Å²) in [6.07, 6.45) is 2.29. The molecule has 0 radical (unpaired) electrons. The second-order valence-electron chi connectivity index (χ2n) is 6.70. The second-order valence-corrected chi connectivity index (χ2v) is 6.70. The molecule has 1 aliphatic rings. The van der Waals surface area contributed by atoms with Gasteiger partial charge in [-0.05, 0) is 41.8 Å². The summed E-state index contributed by atoms with van der Waals surface area (Å²) >= 11 is 0. The first-order chi connectivity index (χ1) is 12.3.